The van der Waals surface area contributed by atoms with Crippen LogP contribution in [0.3, 0.4) is 0 Å². The Morgan fingerprint density at radius 1 is 1.21 bits per heavy atom. The average Bonchev–Trinajstić information content (AvgIpc) is 2.74. The molecule has 3 heterocycles. The third-order valence-electron chi connectivity index (χ3n) is 6.53. The fraction of sp³-hybridized carbons (Fsp3) is 0.522. The maximum Gasteiger partial charge on any atom is 0.410 e. The van der Waals surface area contributed by atoms with Gasteiger partial charge in [0.05, 0.1) is 36.5 Å². The Morgan fingerprint density at radius 3 is 2.64 bits per heavy atom. The summed E-state index contributed by atoms with van der Waals surface area (Å²) in [4.78, 5) is 23.7. The molecule has 2 bridgehead atoms. The minimum atomic E-state index is -0.419. The van der Waals surface area contributed by atoms with Crippen molar-refractivity contribution in [2.24, 2.45) is 0 Å². The lowest BCUT2D eigenvalue weighted by Gasteiger charge is -2.47. The van der Waals surface area contributed by atoms with Gasteiger partial charge in [-0.1, -0.05) is 0 Å². The maximum atomic E-state index is 14.2. The quantitative estimate of drug-likeness (QED) is 0.627. The number of rotatable bonds is 5. The number of carbonyl (C=O) groups excluding carboxylic acids is 1. The zero-order valence-corrected chi connectivity index (χ0v) is 19.3. The normalized spacial score (nSPS) is 24.7. The molecule has 176 valence electrons. The van der Waals surface area contributed by atoms with Gasteiger partial charge in [0.15, 0.2) is 0 Å². The third kappa shape index (κ3) is 4.72. The van der Waals surface area contributed by atoms with Crippen molar-refractivity contribution in [3.63, 3.8) is 0 Å². The number of piperidine rings is 1. The number of aromatic nitrogens is 2. The highest BCUT2D eigenvalue weighted by Crippen LogP contribution is 2.34. The van der Waals surface area contributed by atoms with Crippen molar-refractivity contribution in [1.82, 2.24) is 14.9 Å². The van der Waals surface area contributed by atoms with Gasteiger partial charge in [-0.05, 0) is 44.4 Å². The Kier molecular flexibility index (Phi) is 6.29. The predicted octanol–water partition coefficient (Wildman–Crippen LogP) is 4.26. The van der Waals surface area contributed by atoms with Crippen LogP contribution in [0.1, 0.15) is 37.7 Å². The lowest BCUT2D eigenvalue weighted by Crippen LogP contribution is -2.61. The van der Waals surface area contributed by atoms with E-state index in [1.54, 1.807) is 12.1 Å². The Balaban J connectivity index is 1.27. The van der Waals surface area contributed by atoms with E-state index in [1.165, 1.54) is 12.4 Å². The molecule has 5 rings (SSSR count). The second kappa shape index (κ2) is 9.34. The summed E-state index contributed by atoms with van der Waals surface area (Å²) in [6.07, 6.45) is 5.34. The molecule has 2 saturated heterocycles. The van der Waals surface area contributed by atoms with Crippen LogP contribution in [0.2, 0.25) is 0 Å². The summed E-state index contributed by atoms with van der Waals surface area (Å²) in [5, 5.41) is 3.01. The van der Waals surface area contributed by atoms with E-state index < -0.39 is 5.82 Å². The zero-order valence-electron chi connectivity index (χ0n) is 18.4. The molecule has 1 aliphatic carbocycles. The van der Waals surface area contributed by atoms with Gasteiger partial charge in [-0.3, -0.25) is 4.90 Å². The number of fused-ring (bicyclic) bond motifs is 2. The molecule has 1 aromatic carbocycles. The molecule has 0 spiro atoms. The first kappa shape index (κ1) is 22.2. The molecule has 2 aromatic rings. The lowest BCUT2D eigenvalue weighted by molar-refractivity contribution is -0.0984. The zero-order chi connectivity index (χ0) is 22.9. The van der Waals surface area contributed by atoms with Crippen LogP contribution in [0.4, 0.5) is 20.7 Å². The van der Waals surface area contributed by atoms with Crippen molar-refractivity contribution >= 4 is 30.2 Å². The predicted molar refractivity (Wildman–Crippen MR) is 122 cm³/mol. The van der Waals surface area contributed by atoms with Crippen LogP contribution in [0, 0.1) is 12.7 Å². The van der Waals surface area contributed by atoms with Gasteiger partial charge in [-0.2, -0.15) is 0 Å². The van der Waals surface area contributed by atoms with E-state index >= 15 is 0 Å². The summed E-state index contributed by atoms with van der Waals surface area (Å²) in [7, 11) is 0. The van der Waals surface area contributed by atoms with Crippen LogP contribution in [-0.2, 0) is 9.47 Å². The molecule has 2 atom stereocenters. The summed E-state index contributed by atoms with van der Waals surface area (Å²) in [6, 6.07) is 4.46. The Labute approximate surface area is 197 Å². The number of anilines is 2. The first-order valence-electron chi connectivity index (χ1n) is 11.3. The van der Waals surface area contributed by atoms with Crippen LogP contribution < -0.4 is 10.1 Å². The second-order valence-corrected chi connectivity index (χ2v) is 9.36. The molecular weight excluding hydrogens is 447 g/mol. The fourth-order valence-corrected chi connectivity index (χ4v) is 4.71. The number of hydrogen-bond acceptors (Lipinski definition) is 8. The van der Waals surface area contributed by atoms with E-state index in [1.807, 2.05) is 11.8 Å². The van der Waals surface area contributed by atoms with Gasteiger partial charge in [0.2, 0.25) is 5.88 Å². The van der Waals surface area contributed by atoms with Crippen molar-refractivity contribution in [1.29, 1.82) is 0 Å². The van der Waals surface area contributed by atoms with Gasteiger partial charge < -0.3 is 19.5 Å². The Bertz CT molecular complexity index is 1020. The number of carbonyl (C=O) groups is 1. The van der Waals surface area contributed by atoms with Gasteiger partial charge in [-0.15, -0.1) is 12.6 Å². The van der Waals surface area contributed by atoms with Gasteiger partial charge in [0.25, 0.3) is 0 Å². The number of ether oxygens (including phenoxy) is 3. The minimum Gasteiger partial charge on any atom is -0.474 e. The standard InChI is InChI=1S/C23H27FN4O4S/c1-13-21(27-20-6-5-18(33)9-19(20)24)25-12-26-22(13)31-17-7-14-10-30-11-15(8-17)28(14)23(29)32-16-3-2-4-16/h5-6,9,12,14-17,33H,2-4,7-8,10-11H2,1H3,(H,25,26,27). The SMILES string of the molecule is Cc1c(Nc2ccc(S)cc2F)ncnc1OC1CC2COCC(C1)N2C(=O)OC1CCC1. The smallest absolute Gasteiger partial charge is 0.410 e. The molecule has 33 heavy (non-hydrogen) atoms. The Hall–Kier alpha value is -2.59. The number of nitrogens with zero attached hydrogens (tertiary/aromatic N) is 3. The van der Waals surface area contributed by atoms with E-state index in [9.17, 15) is 9.18 Å². The highest BCUT2D eigenvalue weighted by molar-refractivity contribution is 7.80. The fourth-order valence-electron chi connectivity index (χ4n) is 4.52. The molecule has 1 saturated carbocycles. The number of nitrogens with one attached hydrogen (secondary N) is 1. The summed E-state index contributed by atoms with van der Waals surface area (Å²) < 4.78 is 31.9. The van der Waals surface area contributed by atoms with Crippen molar-refractivity contribution in [3.05, 3.63) is 35.9 Å². The number of morpholine rings is 1. The highest BCUT2D eigenvalue weighted by atomic mass is 32.1. The van der Waals surface area contributed by atoms with Crippen molar-refractivity contribution in [2.75, 3.05) is 18.5 Å². The van der Waals surface area contributed by atoms with E-state index in [2.05, 4.69) is 27.9 Å². The first-order valence-corrected chi connectivity index (χ1v) is 11.7. The molecule has 1 aromatic heterocycles. The molecule has 10 heteroatoms. The summed E-state index contributed by atoms with van der Waals surface area (Å²) >= 11 is 4.15. The van der Waals surface area contributed by atoms with Crippen LogP contribution in [0.15, 0.2) is 29.4 Å². The van der Waals surface area contributed by atoms with Crippen LogP contribution >= 0.6 is 12.6 Å². The molecule has 8 nitrogen and oxygen atoms in total. The molecular formula is C23H27FN4O4S. The summed E-state index contributed by atoms with van der Waals surface area (Å²) in [5.74, 6) is 0.487. The van der Waals surface area contributed by atoms with E-state index in [4.69, 9.17) is 14.2 Å². The highest BCUT2D eigenvalue weighted by Gasteiger charge is 2.44. The van der Waals surface area contributed by atoms with Gasteiger partial charge in [0.1, 0.15) is 30.2 Å². The topological polar surface area (TPSA) is 85.8 Å². The maximum absolute atomic E-state index is 14.2. The van der Waals surface area contributed by atoms with Gasteiger partial charge in [0, 0.05) is 17.7 Å². The number of benzene rings is 1. The van der Waals surface area contributed by atoms with Crippen LogP contribution in [0.25, 0.3) is 0 Å². The molecule has 1 N–H and O–H groups in total. The average molecular weight is 475 g/mol. The first-order chi connectivity index (χ1) is 16.0. The minimum absolute atomic E-state index is 0.0523. The summed E-state index contributed by atoms with van der Waals surface area (Å²) in [5.41, 5.74) is 0.977. The number of amides is 1. The van der Waals surface area contributed by atoms with E-state index in [0.29, 0.717) is 53.9 Å². The Morgan fingerprint density at radius 2 is 1.97 bits per heavy atom. The van der Waals surface area contributed by atoms with Crippen molar-refractivity contribution in [3.8, 4) is 5.88 Å². The molecule has 3 aliphatic rings. The van der Waals surface area contributed by atoms with Crippen molar-refractivity contribution in [2.45, 2.75) is 68.2 Å². The molecule has 3 fully saturated rings. The number of hydrogen-bond donors (Lipinski definition) is 2. The molecule has 2 unspecified atom stereocenters. The second-order valence-electron chi connectivity index (χ2n) is 8.84. The van der Waals surface area contributed by atoms with Crippen molar-refractivity contribution < 1.29 is 23.4 Å². The van der Waals surface area contributed by atoms with Gasteiger partial charge >= 0.3 is 6.09 Å². The number of thiol groups is 1. The monoisotopic (exact) mass is 474 g/mol. The van der Waals surface area contributed by atoms with E-state index in [0.717, 1.165) is 19.3 Å². The largest absolute Gasteiger partial charge is 0.474 e. The van der Waals surface area contributed by atoms with Crippen LogP contribution in [-0.4, -0.2) is 58.5 Å². The van der Waals surface area contributed by atoms with Crippen LogP contribution in [0.5, 0.6) is 5.88 Å². The molecule has 0 radical (unpaired) electrons. The summed E-state index contributed by atoms with van der Waals surface area (Å²) in [6.45, 7) is 2.76. The number of halogens is 1. The molecule has 2 aliphatic heterocycles. The lowest BCUT2D eigenvalue weighted by atomic mass is 9.92. The molecule has 1 amide bonds. The third-order valence-corrected chi connectivity index (χ3v) is 6.81. The van der Waals surface area contributed by atoms with Gasteiger partial charge in [-0.25, -0.2) is 19.2 Å². The van der Waals surface area contributed by atoms with E-state index in [-0.39, 0.29) is 30.4 Å².